The first kappa shape index (κ1) is 12.4. The number of benzene rings is 1. The molecule has 2 nitrogen and oxygen atoms in total. The molecule has 1 fully saturated rings. The summed E-state index contributed by atoms with van der Waals surface area (Å²) in [7, 11) is 0. The topological polar surface area (TPSA) is 13.7 Å². The van der Waals surface area contributed by atoms with E-state index in [1.54, 1.807) is 4.90 Å². The molecule has 0 atom stereocenters. The standard InChI is InChI=1S/C15H23NO/c1-13-10-14(2)12-15(11-13)17-9-8-16-6-4-3-5-7-16/h10-12H,3-9H2,1-2H3/p+1. The normalized spacial score (nSPS) is 17.1. The van der Waals surface area contributed by atoms with Crippen molar-refractivity contribution in [1.29, 1.82) is 0 Å². The summed E-state index contributed by atoms with van der Waals surface area (Å²) < 4.78 is 5.85. The molecule has 1 heterocycles. The van der Waals surface area contributed by atoms with Crippen LogP contribution in [0.5, 0.6) is 5.75 Å². The van der Waals surface area contributed by atoms with Crippen LogP contribution >= 0.6 is 0 Å². The fourth-order valence-electron chi connectivity index (χ4n) is 2.63. The van der Waals surface area contributed by atoms with Crippen LogP contribution in [0.15, 0.2) is 18.2 Å². The van der Waals surface area contributed by atoms with Crippen molar-refractivity contribution in [3.05, 3.63) is 29.3 Å². The Morgan fingerprint density at radius 1 is 1.00 bits per heavy atom. The predicted octanol–water partition coefficient (Wildman–Crippen LogP) is 1.75. The molecule has 1 aromatic rings. The minimum Gasteiger partial charge on any atom is -0.488 e. The van der Waals surface area contributed by atoms with Gasteiger partial charge in [0.1, 0.15) is 18.9 Å². The summed E-state index contributed by atoms with van der Waals surface area (Å²) in [5, 5.41) is 0. The van der Waals surface area contributed by atoms with E-state index in [9.17, 15) is 0 Å². The summed E-state index contributed by atoms with van der Waals surface area (Å²) in [6.45, 7) is 8.89. The van der Waals surface area contributed by atoms with Gasteiger partial charge in [-0.3, -0.25) is 0 Å². The van der Waals surface area contributed by atoms with Crippen molar-refractivity contribution in [2.24, 2.45) is 0 Å². The van der Waals surface area contributed by atoms with Gasteiger partial charge >= 0.3 is 0 Å². The van der Waals surface area contributed by atoms with Gasteiger partial charge in [0.05, 0.1) is 13.1 Å². The van der Waals surface area contributed by atoms with Crippen molar-refractivity contribution >= 4 is 0 Å². The lowest BCUT2D eigenvalue weighted by Crippen LogP contribution is -3.13. The van der Waals surface area contributed by atoms with Crippen LogP contribution in [0.25, 0.3) is 0 Å². The predicted molar refractivity (Wildman–Crippen MR) is 70.8 cm³/mol. The monoisotopic (exact) mass is 234 g/mol. The maximum Gasteiger partial charge on any atom is 0.137 e. The molecule has 0 aliphatic carbocycles. The first-order valence-corrected chi connectivity index (χ1v) is 6.79. The van der Waals surface area contributed by atoms with Gasteiger partial charge in [-0.1, -0.05) is 6.07 Å². The average molecular weight is 234 g/mol. The highest BCUT2D eigenvalue weighted by Gasteiger charge is 2.12. The summed E-state index contributed by atoms with van der Waals surface area (Å²) in [6.07, 6.45) is 4.19. The molecule has 1 saturated heterocycles. The zero-order valence-electron chi connectivity index (χ0n) is 11.1. The molecule has 0 saturated carbocycles. The maximum absolute atomic E-state index is 5.85. The van der Waals surface area contributed by atoms with Crippen molar-refractivity contribution in [2.45, 2.75) is 33.1 Å². The Kier molecular flexibility index (Phi) is 4.43. The smallest absolute Gasteiger partial charge is 0.137 e. The Morgan fingerprint density at radius 3 is 2.29 bits per heavy atom. The van der Waals surface area contributed by atoms with Gasteiger partial charge in [0.15, 0.2) is 0 Å². The van der Waals surface area contributed by atoms with Crippen molar-refractivity contribution in [3.8, 4) is 5.75 Å². The van der Waals surface area contributed by atoms with Crippen LogP contribution in [0.4, 0.5) is 0 Å². The zero-order valence-corrected chi connectivity index (χ0v) is 11.1. The van der Waals surface area contributed by atoms with E-state index in [0.29, 0.717) is 0 Å². The number of piperidine rings is 1. The second-order valence-electron chi connectivity index (χ2n) is 5.23. The molecule has 1 aliphatic heterocycles. The number of quaternary nitrogens is 1. The molecule has 0 bridgehead atoms. The van der Waals surface area contributed by atoms with Gasteiger partial charge in [0.2, 0.25) is 0 Å². The molecule has 94 valence electrons. The molecule has 0 radical (unpaired) electrons. The summed E-state index contributed by atoms with van der Waals surface area (Å²) in [5.74, 6) is 1.03. The van der Waals surface area contributed by atoms with E-state index in [1.807, 2.05) is 0 Å². The Balaban J connectivity index is 1.77. The number of hydrogen-bond acceptors (Lipinski definition) is 1. The van der Waals surface area contributed by atoms with Crippen LogP contribution in [-0.4, -0.2) is 26.2 Å². The van der Waals surface area contributed by atoms with Crippen LogP contribution < -0.4 is 9.64 Å². The number of rotatable bonds is 4. The Morgan fingerprint density at radius 2 is 1.65 bits per heavy atom. The molecule has 2 rings (SSSR count). The van der Waals surface area contributed by atoms with E-state index < -0.39 is 0 Å². The molecule has 1 N–H and O–H groups in total. The highest BCUT2D eigenvalue weighted by atomic mass is 16.5. The molecule has 0 spiro atoms. The summed E-state index contributed by atoms with van der Waals surface area (Å²) in [6, 6.07) is 6.43. The first-order valence-electron chi connectivity index (χ1n) is 6.79. The van der Waals surface area contributed by atoms with Gasteiger partial charge < -0.3 is 9.64 Å². The minimum absolute atomic E-state index is 0.845. The van der Waals surface area contributed by atoms with Crippen molar-refractivity contribution < 1.29 is 9.64 Å². The Labute approximate surface area is 105 Å². The zero-order chi connectivity index (χ0) is 12.1. The van der Waals surface area contributed by atoms with Gasteiger partial charge in [-0.15, -0.1) is 0 Å². The van der Waals surface area contributed by atoms with E-state index in [0.717, 1.165) is 18.9 Å². The van der Waals surface area contributed by atoms with E-state index in [-0.39, 0.29) is 0 Å². The van der Waals surface area contributed by atoms with Crippen LogP contribution in [0, 0.1) is 13.8 Å². The van der Waals surface area contributed by atoms with E-state index in [2.05, 4.69) is 32.0 Å². The second-order valence-corrected chi connectivity index (χ2v) is 5.23. The quantitative estimate of drug-likeness (QED) is 0.838. The molecule has 17 heavy (non-hydrogen) atoms. The molecule has 1 aromatic carbocycles. The first-order chi connectivity index (χ1) is 8.24. The van der Waals surface area contributed by atoms with Crippen LogP contribution in [0.3, 0.4) is 0 Å². The second kappa shape index (κ2) is 6.06. The lowest BCUT2D eigenvalue weighted by molar-refractivity contribution is -0.904. The van der Waals surface area contributed by atoms with Gasteiger partial charge in [0, 0.05) is 0 Å². The average Bonchev–Trinajstić information content (AvgIpc) is 2.29. The molecule has 0 aromatic heterocycles. The summed E-state index contributed by atoms with van der Waals surface area (Å²) >= 11 is 0. The molecular formula is C15H24NO+. The maximum atomic E-state index is 5.85. The van der Waals surface area contributed by atoms with Crippen molar-refractivity contribution in [2.75, 3.05) is 26.2 Å². The van der Waals surface area contributed by atoms with Crippen molar-refractivity contribution in [3.63, 3.8) is 0 Å². The molecule has 1 aliphatic rings. The third kappa shape index (κ3) is 4.04. The highest BCUT2D eigenvalue weighted by molar-refractivity contribution is 5.32. The lowest BCUT2D eigenvalue weighted by atomic mass is 10.1. The van der Waals surface area contributed by atoms with Gasteiger partial charge in [-0.25, -0.2) is 0 Å². The molecular weight excluding hydrogens is 210 g/mol. The SMILES string of the molecule is Cc1cc(C)cc(OCC[NH+]2CCCCC2)c1. The van der Waals surface area contributed by atoms with Crippen LogP contribution in [0.2, 0.25) is 0 Å². The van der Waals surface area contributed by atoms with Crippen LogP contribution in [-0.2, 0) is 0 Å². The number of hydrogen-bond donors (Lipinski definition) is 1. The van der Waals surface area contributed by atoms with E-state index in [4.69, 9.17) is 4.74 Å². The minimum atomic E-state index is 0.845. The third-order valence-corrected chi connectivity index (χ3v) is 3.48. The van der Waals surface area contributed by atoms with Gasteiger partial charge in [-0.05, 0) is 56.4 Å². The van der Waals surface area contributed by atoms with Crippen molar-refractivity contribution in [1.82, 2.24) is 0 Å². The lowest BCUT2D eigenvalue weighted by Gasteiger charge is -2.23. The fraction of sp³-hybridized carbons (Fsp3) is 0.600. The molecule has 2 heteroatoms. The molecule has 0 unspecified atom stereocenters. The van der Waals surface area contributed by atoms with Gasteiger partial charge in [0.25, 0.3) is 0 Å². The fourth-order valence-corrected chi connectivity index (χ4v) is 2.63. The summed E-state index contributed by atoms with van der Waals surface area (Å²) in [5.41, 5.74) is 2.57. The van der Waals surface area contributed by atoms with E-state index in [1.165, 1.54) is 43.5 Å². The van der Waals surface area contributed by atoms with Gasteiger partial charge in [-0.2, -0.15) is 0 Å². The Hall–Kier alpha value is -1.02. The Bertz CT molecular complexity index is 336. The molecule has 0 amide bonds. The van der Waals surface area contributed by atoms with E-state index >= 15 is 0 Å². The summed E-state index contributed by atoms with van der Waals surface area (Å²) in [4.78, 5) is 1.71. The number of likely N-dealkylation sites (tertiary alicyclic amines) is 1. The van der Waals surface area contributed by atoms with Crippen LogP contribution in [0.1, 0.15) is 30.4 Å². The largest absolute Gasteiger partial charge is 0.488 e. The highest BCUT2D eigenvalue weighted by Crippen LogP contribution is 2.15. The third-order valence-electron chi connectivity index (χ3n) is 3.48. The number of ether oxygens (including phenoxy) is 1. The number of aryl methyl sites for hydroxylation is 2. The number of nitrogens with one attached hydrogen (secondary N) is 1.